The molecule has 1 amide bonds. The second-order valence-electron chi connectivity index (χ2n) is 6.25. The molecule has 5 nitrogen and oxygen atoms in total. The highest BCUT2D eigenvalue weighted by Gasteiger charge is 2.31. The summed E-state index contributed by atoms with van der Waals surface area (Å²) in [7, 11) is -2.06. The maximum absolute atomic E-state index is 13.1. The highest BCUT2D eigenvalue weighted by Crippen LogP contribution is 2.34. The first-order chi connectivity index (χ1) is 11.7. The molecule has 3 rings (SSSR count). The van der Waals surface area contributed by atoms with Crippen LogP contribution in [-0.2, 0) is 16.4 Å². The van der Waals surface area contributed by atoms with Crippen LogP contribution in [0.1, 0.15) is 22.8 Å². The van der Waals surface area contributed by atoms with Gasteiger partial charge in [0.1, 0.15) is 0 Å². The molecule has 0 radical (unpaired) electrons. The first-order valence-electron chi connectivity index (χ1n) is 7.85. The Morgan fingerprint density at radius 3 is 2.60 bits per heavy atom. The molecular formula is C18H19ClN2O3S. The number of hydrogen-bond acceptors (Lipinski definition) is 3. The van der Waals surface area contributed by atoms with Gasteiger partial charge in [-0.3, -0.25) is 9.10 Å². The number of halogens is 1. The van der Waals surface area contributed by atoms with Crippen molar-refractivity contribution in [1.82, 2.24) is 0 Å². The van der Waals surface area contributed by atoms with Gasteiger partial charge in [0.25, 0.3) is 5.91 Å². The minimum atomic E-state index is -3.48. The monoisotopic (exact) mass is 378 g/mol. The van der Waals surface area contributed by atoms with Crippen LogP contribution in [0.4, 0.5) is 11.4 Å². The number of nitrogens with zero attached hydrogens (tertiary/aromatic N) is 2. The normalized spacial score (nSPS) is 16.6. The molecule has 0 unspecified atom stereocenters. The van der Waals surface area contributed by atoms with Gasteiger partial charge in [-0.1, -0.05) is 29.8 Å². The molecule has 1 atom stereocenters. The van der Waals surface area contributed by atoms with Crippen LogP contribution in [0, 0.1) is 0 Å². The number of sulfonamides is 1. The van der Waals surface area contributed by atoms with Gasteiger partial charge in [0.05, 0.1) is 17.0 Å². The van der Waals surface area contributed by atoms with Gasteiger partial charge in [0, 0.05) is 24.3 Å². The molecule has 1 aliphatic heterocycles. The molecule has 1 aliphatic rings. The van der Waals surface area contributed by atoms with E-state index in [1.54, 1.807) is 17.0 Å². The van der Waals surface area contributed by atoms with Crippen molar-refractivity contribution in [3.8, 4) is 0 Å². The number of rotatable bonds is 3. The molecule has 0 spiro atoms. The van der Waals surface area contributed by atoms with Crippen LogP contribution in [0.3, 0.4) is 0 Å². The lowest BCUT2D eigenvalue weighted by Gasteiger charge is -2.24. The van der Waals surface area contributed by atoms with E-state index in [0.29, 0.717) is 5.56 Å². The molecule has 0 aliphatic carbocycles. The third kappa shape index (κ3) is 3.24. The molecule has 0 saturated heterocycles. The molecule has 132 valence electrons. The first-order valence-corrected chi connectivity index (χ1v) is 10.1. The van der Waals surface area contributed by atoms with E-state index in [1.165, 1.54) is 13.1 Å². The van der Waals surface area contributed by atoms with E-state index < -0.39 is 10.0 Å². The summed E-state index contributed by atoms with van der Waals surface area (Å²) in [6, 6.07) is 12.6. The van der Waals surface area contributed by atoms with Crippen LogP contribution in [0.15, 0.2) is 42.5 Å². The quantitative estimate of drug-likeness (QED) is 0.823. The van der Waals surface area contributed by atoms with Crippen LogP contribution >= 0.6 is 11.6 Å². The minimum absolute atomic E-state index is 0.0386. The molecule has 7 heteroatoms. The van der Waals surface area contributed by atoms with Crippen molar-refractivity contribution >= 4 is 38.9 Å². The maximum Gasteiger partial charge on any atom is 0.258 e. The standard InChI is InChI=1S/C18H19ClN2O3S/c1-12-10-13-6-4-5-7-16(13)21(12)18(22)14-8-9-15(19)17(11-14)20(2)25(3,23)24/h4-9,11-12H,10H2,1-3H3/t12-/m0/s1. The number of carbonyl (C=O) groups excluding carboxylic acids is 1. The number of carbonyl (C=O) groups is 1. The zero-order chi connectivity index (χ0) is 18.4. The second kappa shape index (κ2) is 6.35. The van der Waals surface area contributed by atoms with Gasteiger partial charge in [0.15, 0.2) is 0 Å². The molecule has 0 N–H and O–H groups in total. The van der Waals surface area contributed by atoms with Gasteiger partial charge in [-0.25, -0.2) is 8.42 Å². The van der Waals surface area contributed by atoms with E-state index in [1.807, 2.05) is 31.2 Å². The topological polar surface area (TPSA) is 57.7 Å². The Hall–Kier alpha value is -2.05. The smallest absolute Gasteiger partial charge is 0.258 e. The average Bonchev–Trinajstić information content (AvgIpc) is 2.89. The Labute approximate surface area is 152 Å². The van der Waals surface area contributed by atoms with Crippen LogP contribution in [0.2, 0.25) is 5.02 Å². The SMILES string of the molecule is C[C@H]1Cc2ccccc2N1C(=O)c1ccc(Cl)c(N(C)S(C)(=O)=O)c1. The lowest BCUT2D eigenvalue weighted by Crippen LogP contribution is -2.36. The van der Waals surface area contributed by atoms with Crippen LogP contribution < -0.4 is 9.21 Å². The summed E-state index contributed by atoms with van der Waals surface area (Å²) < 4.78 is 24.7. The van der Waals surface area contributed by atoms with Crippen molar-refractivity contribution in [3.63, 3.8) is 0 Å². The summed E-state index contributed by atoms with van der Waals surface area (Å²) in [6.45, 7) is 2.00. The van der Waals surface area contributed by atoms with E-state index in [-0.39, 0.29) is 22.7 Å². The predicted molar refractivity (Wildman–Crippen MR) is 101 cm³/mol. The van der Waals surface area contributed by atoms with Gasteiger partial charge in [0.2, 0.25) is 10.0 Å². The van der Waals surface area contributed by atoms with Crippen LogP contribution in [0.5, 0.6) is 0 Å². The molecule has 0 aromatic heterocycles. The summed E-state index contributed by atoms with van der Waals surface area (Å²) in [4.78, 5) is 14.8. The molecular weight excluding hydrogens is 360 g/mol. The summed E-state index contributed by atoms with van der Waals surface area (Å²) in [6.07, 6.45) is 1.89. The Bertz CT molecular complexity index is 943. The molecule has 0 fully saturated rings. The van der Waals surface area contributed by atoms with Gasteiger partial charge in [-0.15, -0.1) is 0 Å². The van der Waals surface area contributed by atoms with Gasteiger partial charge in [-0.05, 0) is 43.2 Å². The molecule has 0 saturated carbocycles. The number of para-hydroxylation sites is 1. The Balaban J connectivity index is 2.02. The molecule has 1 heterocycles. The summed E-state index contributed by atoms with van der Waals surface area (Å²) >= 11 is 6.14. The van der Waals surface area contributed by atoms with Crippen LogP contribution in [0.25, 0.3) is 0 Å². The van der Waals surface area contributed by atoms with Crippen molar-refractivity contribution in [2.45, 2.75) is 19.4 Å². The lowest BCUT2D eigenvalue weighted by atomic mass is 10.1. The van der Waals surface area contributed by atoms with Crippen molar-refractivity contribution < 1.29 is 13.2 Å². The summed E-state index contributed by atoms with van der Waals surface area (Å²) in [5.74, 6) is -0.169. The predicted octanol–water partition coefficient (Wildman–Crippen LogP) is 3.33. The van der Waals surface area contributed by atoms with Crippen molar-refractivity contribution in [2.24, 2.45) is 0 Å². The third-order valence-electron chi connectivity index (χ3n) is 4.46. The van der Waals surface area contributed by atoms with E-state index in [4.69, 9.17) is 11.6 Å². The maximum atomic E-state index is 13.1. The Morgan fingerprint density at radius 1 is 1.24 bits per heavy atom. The van der Waals surface area contributed by atoms with E-state index in [0.717, 1.165) is 28.2 Å². The number of fused-ring (bicyclic) bond motifs is 1. The van der Waals surface area contributed by atoms with Crippen molar-refractivity contribution in [1.29, 1.82) is 0 Å². The van der Waals surface area contributed by atoms with E-state index >= 15 is 0 Å². The van der Waals surface area contributed by atoms with Gasteiger partial charge >= 0.3 is 0 Å². The molecule has 2 aromatic rings. The molecule has 25 heavy (non-hydrogen) atoms. The van der Waals surface area contributed by atoms with Crippen molar-refractivity contribution in [3.05, 3.63) is 58.6 Å². The number of hydrogen-bond donors (Lipinski definition) is 0. The molecule has 2 aromatic carbocycles. The first kappa shape index (κ1) is 17.8. The lowest BCUT2D eigenvalue weighted by molar-refractivity contribution is 0.0981. The average molecular weight is 379 g/mol. The van der Waals surface area contributed by atoms with Gasteiger partial charge in [-0.2, -0.15) is 0 Å². The summed E-state index contributed by atoms with van der Waals surface area (Å²) in [5, 5.41) is 0.277. The fourth-order valence-electron chi connectivity index (χ4n) is 3.08. The number of anilines is 2. The zero-order valence-electron chi connectivity index (χ0n) is 14.2. The third-order valence-corrected chi connectivity index (χ3v) is 5.97. The minimum Gasteiger partial charge on any atom is -0.305 e. The zero-order valence-corrected chi connectivity index (χ0v) is 15.8. The van der Waals surface area contributed by atoms with E-state index in [2.05, 4.69) is 0 Å². The highest BCUT2D eigenvalue weighted by atomic mass is 35.5. The van der Waals surface area contributed by atoms with E-state index in [9.17, 15) is 13.2 Å². The number of amides is 1. The fraction of sp³-hybridized carbons (Fsp3) is 0.278. The number of benzene rings is 2. The largest absolute Gasteiger partial charge is 0.305 e. The fourth-order valence-corrected chi connectivity index (χ4v) is 3.88. The molecule has 0 bridgehead atoms. The van der Waals surface area contributed by atoms with Crippen molar-refractivity contribution in [2.75, 3.05) is 22.5 Å². The van der Waals surface area contributed by atoms with Crippen LogP contribution in [-0.4, -0.2) is 33.7 Å². The van der Waals surface area contributed by atoms with Gasteiger partial charge < -0.3 is 4.90 Å². The Kier molecular flexibility index (Phi) is 4.51. The second-order valence-corrected chi connectivity index (χ2v) is 8.67. The summed E-state index contributed by atoms with van der Waals surface area (Å²) in [5.41, 5.74) is 2.72. The Morgan fingerprint density at radius 2 is 1.92 bits per heavy atom. The highest BCUT2D eigenvalue weighted by molar-refractivity contribution is 7.92.